The van der Waals surface area contributed by atoms with Gasteiger partial charge in [0.05, 0.1) is 7.11 Å². The zero-order chi connectivity index (χ0) is 14.2. The molecule has 0 aliphatic rings. The SMILES string of the molecule is COc1ccc(N(CCCN)Cc2cccnc2)cc1. The minimum atomic E-state index is 0.694. The highest BCUT2D eigenvalue weighted by Gasteiger charge is 2.07. The van der Waals surface area contributed by atoms with Crippen LogP contribution in [0.25, 0.3) is 0 Å². The standard InChI is InChI=1S/C16H21N3O/c1-20-16-7-5-15(6-8-16)19(11-3-9-17)13-14-4-2-10-18-12-14/h2,4-8,10,12H,3,9,11,13,17H2,1H3. The Labute approximate surface area is 120 Å². The van der Waals surface area contributed by atoms with Gasteiger partial charge in [-0.3, -0.25) is 4.98 Å². The second kappa shape index (κ2) is 7.50. The van der Waals surface area contributed by atoms with Crippen molar-refractivity contribution in [1.29, 1.82) is 0 Å². The molecule has 1 aromatic carbocycles. The van der Waals surface area contributed by atoms with E-state index in [1.165, 1.54) is 11.3 Å². The minimum Gasteiger partial charge on any atom is -0.497 e. The molecular formula is C16H21N3O. The number of pyridine rings is 1. The van der Waals surface area contributed by atoms with Gasteiger partial charge in [-0.1, -0.05) is 6.07 Å². The van der Waals surface area contributed by atoms with Gasteiger partial charge in [0.1, 0.15) is 5.75 Å². The summed E-state index contributed by atoms with van der Waals surface area (Å²) in [7, 11) is 1.68. The summed E-state index contributed by atoms with van der Waals surface area (Å²) in [5.74, 6) is 0.869. The fourth-order valence-electron chi connectivity index (χ4n) is 2.09. The number of rotatable bonds is 7. The smallest absolute Gasteiger partial charge is 0.119 e. The van der Waals surface area contributed by atoms with Crippen LogP contribution in [0, 0.1) is 0 Å². The first-order valence-corrected chi connectivity index (χ1v) is 6.81. The largest absolute Gasteiger partial charge is 0.497 e. The van der Waals surface area contributed by atoms with Crippen LogP contribution in [0.3, 0.4) is 0 Å². The molecule has 0 spiro atoms. The Bertz CT molecular complexity index is 499. The summed E-state index contributed by atoms with van der Waals surface area (Å²) in [4.78, 5) is 6.48. The topological polar surface area (TPSA) is 51.4 Å². The molecule has 0 atom stereocenters. The van der Waals surface area contributed by atoms with E-state index in [0.29, 0.717) is 6.54 Å². The van der Waals surface area contributed by atoms with Gasteiger partial charge in [0, 0.05) is 31.2 Å². The first-order valence-electron chi connectivity index (χ1n) is 6.81. The van der Waals surface area contributed by atoms with Crippen molar-refractivity contribution < 1.29 is 4.74 Å². The van der Waals surface area contributed by atoms with Crippen molar-refractivity contribution in [2.75, 3.05) is 25.1 Å². The second-order valence-electron chi connectivity index (χ2n) is 4.62. The Morgan fingerprint density at radius 3 is 2.60 bits per heavy atom. The lowest BCUT2D eigenvalue weighted by Gasteiger charge is -2.25. The van der Waals surface area contributed by atoms with Crippen molar-refractivity contribution in [3.8, 4) is 5.75 Å². The molecule has 4 heteroatoms. The van der Waals surface area contributed by atoms with Gasteiger partial charge in [-0.05, 0) is 48.9 Å². The van der Waals surface area contributed by atoms with Gasteiger partial charge in [-0.25, -0.2) is 0 Å². The molecule has 0 bridgehead atoms. The van der Waals surface area contributed by atoms with Crippen LogP contribution in [0.1, 0.15) is 12.0 Å². The molecule has 2 aromatic rings. The van der Waals surface area contributed by atoms with E-state index in [0.717, 1.165) is 25.3 Å². The Hall–Kier alpha value is -2.07. The van der Waals surface area contributed by atoms with Crippen molar-refractivity contribution >= 4 is 5.69 Å². The van der Waals surface area contributed by atoms with Gasteiger partial charge >= 0.3 is 0 Å². The first-order chi connectivity index (χ1) is 9.83. The number of aromatic nitrogens is 1. The maximum Gasteiger partial charge on any atom is 0.119 e. The normalized spacial score (nSPS) is 10.3. The van der Waals surface area contributed by atoms with Crippen molar-refractivity contribution in [2.45, 2.75) is 13.0 Å². The molecule has 0 fully saturated rings. The highest BCUT2D eigenvalue weighted by atomic mass is 16.5. The third kappa shape index (κ3) is 3.96. The summed E-state index contributed by atoms with van der Waals surface area (Å²) in [6.45, 7) is 2.46. The van der Waals surface area contributed by atoms with E-state index in [1.807, 2.05) is 24.4 Å². The van der Waals surface area contributed by atoms with Gasteiger partial charge in [-0.2, -0.15) is 0 Å². The third-order valence-electron chi connectivity index (χ3n) is 3.17. The third-order valence-corrected chi connectivity index (χ3v) is 3.17. The number of anilines is 1. The molecule has 4 nitrogen and oxygen atoms in total. The maximum absolute atomic E-state index is 5.63. The number of nitrogens with zero attached hydrogens (tertiary/aromatic N) is 2. The highest BCUT2D eigenvalue weighted by Crippen LogP contribution is 2.21. The molecule has 20 heavy (non-hydrogen) atoms. The van der Waals surface area contributed by atoms with Crippen LogP contribution in [-0.4, -0.2) is 25.2 Å². The Morgan fingerprint density at radius 1 is 1.20 bits per heavy atom. The number of benzene rings is 1. The lowest BCUT2D eigenvalue weighted by Crippen LogP contribution is -2.25. The van der Waals surface area contributed by atoms with E-state index in [2.05, 4.69) is 28.1 Å². The molecule has 1 heterocycles. The van der Waals surface area contributed by atoms with E-state index in [9.17, 15) is 0 Å². The van der Waals surface area contributed by atoms with Gasteiger partial charge in [0.15, 0.2) is 0 Å². The van der Waals surface area contributed by atoms with Crippen molar-refractivity contribution in [1.82, 2.24) is 4.98 Å². The number of ether oxygens (including phenoxy) is 1. The van der Waals surface area contributed by atoms with Crippen molar-refractivity contribution in [2.24, 2.45) is 5.73 Å². The van der Waals surface area contributed by atoms with Crippen LogP contribution in [-0.2, 0) is 6.54 Å². The molecule has 1 aromatic heterocycles. The lowest BCUT2D eigenvalue weighted by atomic mass is 10.2. The Kier molecular flexibility index (Phi) is 5.38. The average molecular weight is 271 g/mol. The Balaban J connectivity index is 2.13. The fraction of sp³-hybridized carbons (Fsp3) is 0.312. The van der Waals surface area contributed by atoms with Gasteiger partial charge in [-0.15, -0.1) is 0 Å². The zero-order valence-corrected chi connectivity index (χ0v) is 11.8. The Morgan fingerprint density at radius 2 is 2.00 bits per heavy atom. The maximum atomic E-state index is 5.63. The number of hydrogen-bond donors (Lipinski definition) is 1. The predicted molar refractivity (Wildman–Crippen MR) is 82.0 cm³/mol. The summed E-state index contributed by atoms with van der Waals surface area (Å²) in [6.07, 6.45) is 4.66. The monoisotopic (exact) mass is 271 g/mol. The van der Waals surface area contributed by atoms with Crippen molar-refractivity contribution in [3.63, 3.8) is 0 Å². The van der Waals surface area contributed by atoms with Crippen LogP contribution in [0.15, 0.2) is 48.8 Å². The van der Waals surface area contributed by atoms with Crippen LogP contribution < -0.4 is 15.4 Å². The van der Waals surface area contributed by atoms with Gasteiger partial charge < -0.3 is 15.4 Å². The minimum absolute atomic E-state index is 0.694. The summed E-state index contributed by atoms with van der Waals surface area (Å²) in [6, 6.07) is 12.2. The molecule has 0 amide bonds. The predicted octanol–water partition coefficient (Wildman–Crippen LogP) is 2.45. The van der Waals surface area contributed by atoms with E-state index < -0.39 is 0 Å². The van der Waals surface area contributed by atoms with E-state index in [-0.39, 0.29) is 0 Å². The average Bonchev–Trinajstić information content (AvgIpc) is 2.52. The van der Waals surface area contributed by atoms with E-state index >= 15 is 0 Å². The zero-order valence-electron chi connectivity index (χ0n) is 11.8. The van der Waals surface area contributed by atoms with Crippen molar-refractivity contribution in [3.05, 3.63) is 54.4 Å². The molecule has 0 saturated carbocycles. The molecule has 0 aliphatic heterocycles. The molecule has 0 saturated heterocycles. The fourth-order valence-corrected chi connectivity index (χ4v) is 2.09. The van der Waals surface area contributed by atoms with Gasteiger partial charge in [0.25, 0.3) is 0 Å². The van der Waals surface area contributed by atoms with E-state index in [1.54, 1.807) is 13.3 Å². The first kappa shape index (κ1) is 14.3. The molecule has 0 aliphatic carbocycles. The quantitative estimate of drug-likeness (QED) is 0.840. The van der Waals surface area contributed by atoms with Crippen LogP contribution in [0.2, 0.25) is 0 Å². The van der Waals surface area contributed by atoms with E-state index in [4.69, 9.17) is 10.5 Å². The summed E-state index contributed by atoms with van der Waals surface area (Å²) < 4.78 is 5.20. The number of hydrogen-bond acceptors (Lipinski definition) is 4. The molecule has 0 unspecified atom stereocenters. The number of methoxy groups -OCH3 is 1. The molecule has 2 N–H and O–H groups in total. The summed E-state index contributed by atoms with van der Waals surface area (Å²) >= 11 is 0. The van der Waals surface area contributed by atoms with Gasteiger partial charge in [0.2, 0.25) is 0 Å². The molecule has 106 valence electrons. The second-order valence-corrected chi connectivity index (χ2v) is 4.62. The van der Waals surface area contributed by atoms with Crippen LogP contribution in [0.5, 0.6) is 5.75 Å². The number of nitrogens with two attached hydrogens (primary N) is 1. The highest BCUT2D eigenvalue weighted by molar-refractivity contribution is 5.49. The lowest BCUT2D eigenvalue weighted by molar-refractivity contribution is 0.415. The summed E-state index contributed by atoms with van der Waals surface area (Å²) in [5, 5.41) is 0. The molecule has 2 rings (SSSR count). The molecular weight excluding hydrogens is 250 g/mol. The summed E-state index contributed by atoms with van der Waals surface area (Å²) in [5.41, 5.74) is 8.00. The van der Waals surface area contributed by atoms with Crippen LogP contribution >= 0.6 is 0 Å². The van der Waals surface area contributed by atoms with Crippen LogP contribution in [0.4, 0.5) is 5.69 Å². The molecule has 0 radical (unpaired) electrons.